The summed E-state index contributed by atoms with van der Waals surface area (Å²) in [4.78, 5) is 25.7. The minimum absolute atomic E-state index is 0.000573. The van der Waals surface area contributed by atoms with Crippen LogP contribution in [0.4, 0.5) is 5.69 Å². The molecule has 0 spiro atoms. The Balaban J connectivity index is 2.20. The lowest BCUT2D eigenvalue weighted by molar-refractivity contribution is -0.385. The van der Waals surface area contributed by atoms with Crippen molar-refractivity contribution in [3.05, 3.63) is 39.1 Å². The van der Waals surface area contributed by atoms with E-state index in [9.17, 15) is 20.0 Å². The van der Waals surface area contributed by atoms with Crippen LogP contribution in [-0.4, -0.2) is 39.5 Å². The number of ketones is 1. The predicted molar refractivity (Wildman–Crippen MR) is 103 cm³/mol. The van der Waals surface area contributed by atoms with Crippen molar-refractivity contribution in [3.8, 4) is 11.5 Å². The van der Waals surface area contributed by atoms with Crippen LogP contribution in [0.5, 0.6) is 11.5 Å². The second kappa shape index (κ2) is 7.51. The average molecular weight is 391 g/mol. The fourth-order valence-corrected chi connectivity index (χ4v) is 3.99. The third kappa shape index (κ3) is 3.34. The first kappa shape index (κ1) is 19.1. The van der Waals surface area contributed by atoms with Gasteiger partial charge in [0.15, 0.2) is 22.4 Å². The summed E-state index contributed by atoms with van der Waals surface area (Å²) in [6.45, 7) is 2.69. The van der Waals surface area contributed by atoms with E-state index in [1.165, 1.54) is 19.2 Å². The molecule has 0 aromatic heterocycles. The molecule has 0 fully saturated rings. The Morgan fingerprint density at radius 1 is 1.44 bits per heavy atom. The zero-order valence-electron chi connectivity index (χ0n) is 15.2. The summed E-state index contributed by atoms with van der Waals surface area (Å²) in [6, 6.07) is 1.67. The van der Waals surface area contributed by atoms with Gasteiger partial charge < -0.3 is 20.1 Å². The van der Waals surface area contributed by atoms with Crippen LogP contribution in [0.25, 0.3) is 0 Å². The number of benzene rings is 1. The fourth-order valence-electron chi connectivity index (χ4n) is 3.67. The van der Waals surface area contributed by atoms with Crippen LogP contribution in [0.2, 0.25) is 0 Å². The largest absolute Gasteiger partial charge is 0.504 e. The van der Waals surface area contributed by atoms with Crippen molar-refractivity contribution in [1.82, 2.24) is 10.2 Å². The molecule has 0 amide bonds. The van der Waals surface area contributed by atoms with Crippen LogP contribution >= 0.6 is 12.2 Å². The molecule has 27 heavy (non-hydrogen) atoms. The predicted octanol–water partition coefficient (Wildman–Crippen LogP) is 2.96. The second-order valence-corrected chi connectivity index (χ2v) is 6.90. The number of nitrogens with zero attached hydrogens (tertiary/aromatic N) is 2. The highest BCUT2D eigenvalue weighted by Crippen LogP contribution is 2.43. The van der Waals surface area contributed by atoms with Crippen LogP contribution in [-0.2, 0) is 4.79 Å². The molecule has 2 N–H and O–H groups in total. The number of carbonyl (C=O) groups excluding carboxylic acids is 1. The number of thiocarbonyl (C=S) groups is 1. The summed E-state index contributed by atoms with van der Waals surface area (Å²) in [6.07, 6.45) is 2.65. The summed E-state index contributed by atoms with van der Waals surface area (Å²) < 4.78 is 4.99. The number of hydrogen-bond donors (Lipinski definition) is 2. The number of allylic oxidation sites excluding steroid dienone is 1. The van der Waals surface area contributed by atoms with E-state index >= 15 is 0 Å². The van der Waals surface area contributed by atoms with E-state index < -0.39 is 11.0 Å². The lowest BCUT2D eigenvalue weighted by Gasteiger charge is -2.40. The number of nitrogens with one attached hydrogen (secondary N) is 1. The van der Waals surface area contributed by atoms with E-state index in [4.69, 9.17) is 17.0 Å². The summed E-state index contributed by atoms with van der Waals surface area (Å²) in [5, 5.41) is 25.3. The van der Waals surface area contributed by atoms with Crippen LogP contribution in [0.1, 0.15) is 44.2 Å². The van der Waals surface area contributed by atoms with Crippen molar-refractivity contribution in [1.29, 1.82) is 0 Å². The van der Waals surface area contributed by atoms with E-state index in [1.807, 2.05) is 11.8 Å². The topological polar surface area (TPSA) is 105 Å². The zero-order chi connectivity index (χ0) is 19.7. The third-order valence-corrected chi connectivity index (χ3v) is 5.18. The number of phenolic OH excluding ortho intramolecular Hbond substituents is 1. The van der Waals surface area contributed by atoms with Crippen molar-refractivity contribution in [2.24, 2.45) is 0 Å². The van der Waals surface area contributed by atoms with Crippen molar-refractivity contribution in [2.75, 3.05) is 13.7 Å². The van der Waals surface area contributed by atoms with Gasteiger partial charge in [0, 0.05) is 24.2 Å². The molecule has 0 bridgehead atoms. The van der Waals surface area contributed by atoms with Crippen LogP contribution in [0.3, 0.4) is 0 Å². The van der Waals surface area contributed by atoms with Crippen LogP contribution in [0, 0.1) is 10.1 Å². The third-order valence-electron chi connectivity index (χ3n) is 4.84. The molecule has 1 atom stereocenters. The zero-order valence-corrected chi connectivity index (χ0v) is 16.0. The average Bonchev–Trinajstić information content (AvgIpc) is 2.63. The van der Waals surface area contributed by atoms with Gasteiger partial charge in [-0.05, 0) is 37.5 Å². The van der Waals surface area contributed by atoms with Gasteiger partial charge in [0.05, 0.1) is 29.7 Å². The van der Waals surface area contributed by atoms with Crippen molar-refractivity contribution in [2.45, 2.75) is 38.6 Å². The summed E-state index contributed by atoms with van der Waals surface area (Å²) in [5.74, 6) is -0.283. The normalized spacial score (nSPS) is 19.6. The van der Waals surface area contributed by atoms with Crippen molar-refractivity contribution < 1.29 is 19.6 Å². The molecular weight excluding hydrogens is 370 g/mol. The number of phenols is 1. The number of Topliss-reactive ketones (excluding diaryl/α,β-unsaturated/α-hetero) is 1. The molecule has 1 aromatic carbocycles. The number of rotatable bonds is 5. The molecule has 0 radical (unpaired) electrons. The number of carbonyl (C=O) groups is 1. The van der Waals surface area contributed by atoms with Gasteiger partial charge in [-0.3, -0.25) is 14.9 Å². The van der Waals surface area contributed by atoms with E-state index in [0.29, 0.717) is 30.1 Å². The van der Waals surface area contributed by atoms with Crippen LogP contribution < -0.4 is 10.1 Å². The number of methoxy groups -OCH3 is 1. The van der Waals surface area contributed by atoms with Gasteiger partial charge in [-0.25, -0.2) is 0 Å². The highest BCUT2D eigenvalue weighted by Gasteiger charge is 2.40. The molecule has 0 saturated heterocycles. The molecule has 1 aromatic rings. The summed E-state index contributed by atoms with van der Waals surface area (Å²) >= 11 is 5.48. The highest BCUT2D eigenvalue weighted by atomic mass is 32.1. The Kier molecular flexibility index (Phi) is 5.31. The fraction of sp³-hybridized carbons (Fsp3) is 0.444. The maximum Gasteiger partial charge on any atom is 0.279 e. The quantitative estimate of drug-likeness (QED) is 0.448. The molecule has 1 heterocycles. The lowest BCUT2D eigenvalue weighted by atomic mass is 9.84. The molecule has 1 aliphatic heterocycles. The molecule has 8 nitrogen and oxygen atoms in total. The number of nitro groups is 1. The molecule has 1 unspecified atom stereocenters. The Labute approximate surface area is 162 Å². The van der Waals surface area contributed by atoms with Crippen molar-refractivity contribution in [3.63, 3.8) is 0 Å². The molecular formula is C18H21N3O5S. The molecule has 0 saturated carbocycles. The van der Waals surface area contributed by atoms with Gasteiger partial charge in [0.1, 0.15) is 0 Å². The first-order chi connectivity index (χ1) is 12.9. The summed E-state index contributed by atoms with van der Waals surface area (Å²) in [5.41, 5.74) is 1.28. The van der Waals surface area contributed by atoms with Gasteiger partial charge in [0.2, 0.25) is 0 Å². The van der Waals surface area contributed by atoms with Gasteiger partial charge in [-0.1, -0.05) is 6.92 Å². The number of aromatic hydroxyl groups is 1. The first-order valence-electron chi connectivity index (χ1n) is 8.78. The van der Waals surface area contributed by atoms with E-state index in [2.05, 4.69) is 5.32 Å². The standard InChI is InChI=1S/C18H21N3O5S/c1-3-7-20-11-5-4-6-13(22)16(11)17(19-18(20)27)10-8-14(23)15(26-2)9-12(10)21(24)25/h8-9,17,23H,3-7H2,1-2H3,(H,19,27). The van der Waals surface area contributed by atoms with Gasteiger partial charge >= 0.3 is 0 Å². The summed E-state index contributed by atoms with van der Waals surface area (Å²) in [7, 11) is 1.32. The Morgan fingerprint density at radius 2 is 2.19 bits per heavy atom. The molecule has 3 rings (SSSR count). The lowest BCUT2D eigenvalue weighted by Crippen LogP contribution is -2.49. The number of nitro benzene ring substituents is 1. The molecule has 144 valence electrons. The molecule has 1 aliphatic carbocycles. The van der Waals surface area contributed by atoms with Gasteiger partial charge in [-0.2, -0.15) is 0 Å². The Morgan fingerprint density at radius 3 is 2.81 bits per heavy atom. The Bertz CT molecular complexity index is 852. The van der Waals surface area contributed by atoms with Gasteiger partial charge in [-0.15, -0.1) is 0 Å². The number of ether oxygens (including phenoxy) is 1. The monoisotopic (exact) mass is 391 g/mol. The highest BCUT2D eigenvalue weighted by molar-refractivity contribution is 7.80. The molecule has 2 aliphatic rings. The second-order valence-electron chi connectivity index (χ2n) is 6.51. The molecule has 9 heteroatoms. The van der Waals surface area contributed by atoms with E-state index in [0.717, 1.165) is 18.5 Å². The first-order valence-corrected chi connectivity index (χ1v) is 9.19. The smallest absolute Gasteiger partial charge is 0.279 e. The maximum absolute atomic E-state index is 12.7. The number of hydrogen-bond acceptors (Lipinski definition) is 6. The maximum atomic E-state index is 12.7. The Hall–Kier alpha value is -2.68. The van der Waals surface area contributed by atoms with Crippen LogP contribution in [0.15, 0.2) is 23.4 Å². The van der Waals surface area contributed by atoms with E-state index in [1.54, 1.807) is 0 Å². The van der Waals surface area contributed by atoms with E-state index in [-0.39, 0.29) is 28.5 Å². The van der Waals surface area contributed by atoms with Gasteiger partial charge in [0.25, 0.3) is 5.69 Å². The SMILES string of the molecule is CCCN1C(=S)NC(c2cc(O)c(OC)cc2[N+](=O)[O-])C2=C1CCCC2=O. The minimum Gasteiger partial charge on any atom is -0.504 e. The minimum atomic E-state index is -0.773. The van der Waals surface area contributed by atoms with Crippen molar-refractivity contribution >= 4 is 28.8 Å².